The van der Waals surface area contributed by atoms with Crippen LogP contribution in [0.3, 0.4) is 0 Å². The quantitative estimate of drug-likeness (QED) is 0.586. The highest BCUT2D eigenvalue weighted by Gasteiger charge is 2.63. The summed E-state index contributed by atoms with van der Waals surface area (Å²) in [6, 6.07) is 0. The molecule has 0 aromatic rings. The summed E-state index contributed by atoms with van der Waals surface area (Å²) >= 11 is 0. The fraction of sp³-hybridized carbons (Fsp3) is 0.750. The number of alkyl halides is 3. The highest BCUT2D eigenvalue weighted by Crippen LogP contribution is 2.38. The van der Waals surface area contributed by atoms with Gasteiger partial charge in [-0.1, -0.05) is 0 Å². The predicted octanol–water partition coefficient (Wildman–Crippen LogP) is 0.117. The second-order valence-electron chi connectivity index (χ2n) is 3.78. The van der Waals surface area contributed by atoms with Crippen molar-refractivity contribution in [2.24, 2.45) is 0 Å². The number of ether oxygens (including phenoxy) is 1. The summed E-state index contributed by atoms with van der Waals surface area (Å²) in [6.07, 6.45) is -5.44. The molecule has 2 aliphatic heterocycles. The van der Waals surface area contributed by atoms with E-state index in [1.54, 1.807) is 0 Å². The van der Waals surface area contributed by atoms with Crippen LogP contribution in [0.2, 0.25) is 0 Å². The molecule has 0 bridgehead atoms. The Morgan fingerprint density at radius 1 is 1.53 bits per heavy atom. The second kappa shape index (κ2) is 2.72. The summed E-state index contributed by atoms with van der Waals surface area (Å²) in [4.78, 5) is 22.5. The van der Waals surface area contributed by atoms with Crippen molar-refractivity contribution in [3.05, 3.63) is 0 Å². The number of ketones is 1. The Bertz CT molecular complexity index is 333. The van der Waals surface area contributed by atoms with Crippen LogP contribution in [0.5, 0.6) is 0 Å². The lowest BCUT2D eigenvalue weighted by atomic mass is 9.81. The number of hydrogen-bond donors (Lipinski definition) is 0. The molecule has 0 radical (unpaired) electrons. The number of nitrogens with zero attached hydrogens (tertiary/aromatic N) is 1. The van der Waals surface area contributed by atoms with E-state index in [1.807, 2.05) is 0 Å². The first-order valence-corrected chi connectivity index (χ1v) is 4.34. The van der Waals surface area contributed by atoms with E-state index in [2.05, 4.69) is 0 Å². The average Bonchev–Trinajstić information content (AvgIpc) is 2.06. The van der Waals surface area contributed by atoms with Crippen molar-refractivity contribution in [1.29, 1.82) is 0 Å². The van der Waals surface area contributed by atoms with Gasteiger partial charge in [0, 0.05) is 0 Å². The lowest BCUT2D eigenvalue weighted by Crippen LogP contribution is -2.78. The van der Waals surface area contributed by atoms with Gasteiger partial charge in [0.15, 0.2) is 11.4 Å². The lowest BCUT2D eigenvalue weighted by Gasteiger charge is -2.55. The molecule has 15 heavy (non-hydrogen) atoms. The zero-order chi connectivity index (χ0) is 11.4. The van der Waals surface area contributed by atoms with Crippen LogP contribution in [-0.4, -0.2) is 47.6 Å². The van der Waals surface area contributed by atoms with Crippen LogP contribution in [0, 0.1) is 0 Å². The Balaban J connectivity index is 1.95. The van der Waals surface area contributed by atoms with Crippen LogP contribution >= 0.6 is 0 Å². The first-order chi connectivity index (χ1) is 6.76. The van der Waals surface area contributed by atoms with Gasteiger partial charge in [0.2, 0.25) is 0 Å². The monoisotopic (exact) mass is 223 g/mol. The molecule has 2 saturated heterocycles. The minimum atomic E-state index is -4.87. The number of hydrogen-bond acceptors (Lipinski definition) is 3. The number of rotatable bonds is 0. The van der Waals surface area contributed by atoms with Gasteiger partial charge >= 0.3 is 12.1 Å². The van der Waals surface area contributed by atoms with Gasteiger partial charge in [-0.25, -0.2) is 0 Å². The van der Waals surface area contributed by atoms with Gasteiger partial charge in [0.1, 0.15) is 6.10 Å². The molecule has 84 valence electrons. The molecule has 2 heterocycles. The third kappa shape index (κ3) is 1.33. The first-order valence-electron chi connectivity index (χ1n) is 4.34. The van der Waals surface area contributed by atoms with Crippen LogP contribution in [0.25, 0.3) is 0 Å². The zero-order valence-electron chi connectivity index (χ0n) is 7.80. The number of Topliss-reactive ketones (excluding diaryl/α,β-unsaturated/α-hetero) is 1. The Hall–Kier alpha value is -1.11. The standard InChI is InChI=1S/C8H8F3NO3/c1-4-5(13)7(15-4)2-12(3-7)6(14)8(9,10)11/h4H,2-3H2,1H3. The maximum Gasteiger partial charge on any atom is 0.471 e. The topological polar surface area (TPSA) is 46.6 Å². The second-order valence-corrected chi connectivity index (χ2v) is 3.78. The Labute approximate surface area is 83.0 Å². The largest absolute Gasteiger partial charge is 0.471 e. The van der Waals surface area contributed by atoms with Crippen molar-refractivity contribution < 1.29 is 27.5 Å². The summed E-state index contributed by atoms with van der Waals surface area (Å²) in [6.45, 7) is 0.963. The molecule has 2 aliphatic rings. The van der Waals surface area contributed by atoms with Crippen LogP contribution in [0.1, 0.15) is 6.92 Å². The number of carbonyl (C=O) groups is 2. The SMILES string of the molecule is CC1OC2(CN(C(=O)C(F)(F)F)C2)C1=O. The molecule has 4 nitrogen and oxygen atoms in total. The highest BCUT2D eigenvalue weighted by molar-refractivity contribution is 5.99. The zero-order valence-corrected chi connectivity index (χ0v) is 7.80. The Kier molecular flexibility index (Phi) is 1.89. The van der Waals surface area contributed by atoms with E-state index in [9.17, 15) is 22.8 Å². The molecule has 7 heteroatoms. The Morgan fingerprint density at radius 3 is 2.40 bits per heavy atom. The van der Waals surface area contributed by atoms with Gasteiger partial charge in [0.05, 0.1) is 13.1 Å². The molecule has 0 N–H and O–H groups in total. The van der Waals surface area contributed by atoms with E-state index in [1.165, 1.54) is 6.92 Å². The first kappa shape index (κ1) is 10.4. The maximum atomic E-state index is 12.0. The summed E-state index contributed by atoms with van der Waals surface area (Å²) < 4.78 is 40.9. The fourth-order valence-corrected chi connectivity index (χ4v) is 1.89. The van der Waals surface area contributed by atoms with Gasteiger partial charge in [-0.3, -0.25) is 9.59 Å². The summed E-state index contributed by atoms with van der Waals surface area (Å²) in [5.41, 5.74) is -1.14. The molecule has 2 rings (SSSR count). The van der Waals surface area contributed by atoms with Crippen molar-refractivity contribution in [3.8, 4) is 0 Å². The van der Waals surface area contributed by atoms with Gasteiger partial charge in [-0.15, -0.1) is 0 Å². The molecule has 1 spiro atoms. The van der Waals surface area contributed by atoms with E-state index in [4.69, 9.17) is 4.74 Å². The summed E-state index contributed by atoms with van der Waals surface area (Å²) in [5, 5.41) is 0. The van der Waals surface area contributed by atoms with E-state index in [-0.39, 0.29) is 18.9 Å². The average molecular weight is 223 g/mol. The number of carbonyl (C=O) groups excluding carboxylic acids is 2. The fourth-order valence-electron chi connectivity index (χ4n) is 1.89. The van der Waals surface area contributed by atoms with E-state index in [0.717, 1.165) is 0 Å². The van der Waals surface area contributed by atoms with Gasteiger partial charge in [0.25, 0.3) is 0 Å². The highest BCUT2D eigenvalue weighted by atomic mass is 19.4. The predicted molar refractivity (Wildman–Crippen MR) is 40.9 cm³/mol. The third-order valence-electron chi connectivity index (χ3n) is 2.64. The molecular weight excluding hydrogens is 215 g/mol. The van der Waals surface area contributed by atoms with Crippen molar-refractivity contribution in [3.63, 3.8) is 0 Å². The molecule has 0 saturated carbocycles. The summed E-state index contributed by atoms with van der Waals surface area (Å²) in [7, 11) is 0. The van der Waals surface area contributed by atoms with Crippen molar-refractivity contribution >= 4 is 11.7 Å². The maximum absolute atomic E-state index is 12.0. The van der Waals surface area contributed by atoms with Crippen LogP contribution in [-0.2, 0) is 14.3 Å². The van der Waals surface area contributed by atoms with Gasteiger partial charge in [-0.2, -0.15) is 13.2 Å². The molecule has 1 amide bonds. The number of halogens is 3. The normalized spacial score (nSPS) is 28.7. The van der Waals surface area contributed by atoms with E-state index >= 15 is 0 Å². The van der Waals surface area contributed by atoms with Crippen LogP contribution in [0.15, 0.2) is 0 Å². The number of likely N-dealkylation sites (tertiary alicyclic amines) is 1. The minimum Gasteiger partial charge on any atom is -0.352 e. The van der Waals surface area contributed by atoms with Crippen molar-refractivity contribution in [2.45, 2.75) is 24.8 Å². The molecule has 0 aromatic heterocycles. The lowest BCUT2D eigenvalue weighted by molar-refractivity contribution is -0.243. The van der Waals surface area contributed by atoms with Crippen LogP contribution in [0.4, 0.5) is 13.2 Å². The van der Waals surface area contributed by atoms with Crippen LogP contribution < -0.4 is 0 Å². The smallest absolute Gasteiger partial charge is 0.352 e. The Morgan fingerprint density at radius 2 is 2.07 bits per heavy atom. The molecule has 0 aliphatic carbocycles. The molecule has 1 atom stereocenters. The van der Waals surface area contributed by atoms with E-state index in [0.29, 0.717) is 4.90 Å². The van der Waals surface area contributed by atoms with Gasteiger partial charge in [-0.05, 0) is 6.92 Å². The van der Waals surface area contributed by atoms with Gasteiger partial charge < -0.3 is 9.64 Å². The third-order valence-corrected chi connectivity index (χ3v) is 2.64. The van der Waals surface area contributed by atoms with Crippen molar-refractivity contribution in [1.82, 2.24) is 4.90 Å². The molecule has 1 unspecified atom stereocenters. The van der Waals surface area contributed by atoms with Crippen molar-refractivity contribution in [2.75, 3.05) is 13.1 Å². The molecule has 0 aromatic carbocycles. The summed E-state index contributed by atoms with van der Waals surface area (Å²) in [5.74, 6) is -2.14. The van der Waals surface area contributed by atoms with E-state index < -0.39 is 23.8 Å². The molecular formula is C8H8F3NO3. The number of amides is 1. The minimum absolute atomic E-state index is 0.228. The molecule has 2 fully saturated rings.